The molecule has 12 aliphatic carbocycles. The topological polar surface area (TPSA) is 55.8 Å². The summed E-state index contributed by atoms with van der Waals surface area (Å²) in [6.45, 7) is 0. The van der Waals surface area contributed by atoms with Crippen LogP contribution in [0, 0.1) is 0 Å². The van der Waals surface area contributed by atoms with Crippen molar-refractivity contribution in [2.24, 2.45) is 0 Å². The van der Waals surface area contributed by atoms with Crippen molar-refractivity contribution in [2.45, 2.75) is 150 Å². The highest BCUT2D eigenvalue weighted by Crippen LogP contribution is 2.68. The van der Waals surface area contributed by atoms with Crippen LogP contribution in [0.1, 0.15) is 195 Å². The lowest BCUT2D eigenvalue weighted by molar-refractivity contribution is 0.295. The zero-order valence-electron chi connectivity index (χ0n) is 35.0. The lowest BCUT2D eigenvalue weighted by atomic mass is 9.58. The lowest BCUT2D eigenvalue weighted by Gasteiger charge is -2.46. The summed E-state index contributed by atoms with van der Waals surface area (Å²) >= 11 is 0. The summed E-state index contributed by atoms with van der Waals surface area (Å²) < 4.78 is 28.8. The Morgan fingerprint density at radius 1 is 0.393 bits per heavy atom. The van der Waals surface area contributed by atoms with Gasteiger partial charge in [0.05, 0.1) is 0 Å². The molecule has 0 amide bonds. The first-order valence-corrected chi connectivity index (χ1v) is 25.7. The molecule has 1 heterocycles. The molecule has 0 aromatic heterocycles. The molecule has 6 aromatic carbocycles. The molecule has 5 heteroatoms. The predicted octanol–water partition coefficient (Wildman–Crippen LogP) is 15.9. The molecule has 13 aliphatic rings. The minimum Gasteiger partial charge on any atom is -0.394 e. The van der Waals surface area contributed by atoms with Gasteiger partial charge >= 0.3 is 7.82 Å². The zero-order chi connectivity index (χ0) is 39.9. The van der Waals surface area contributed by atoms with Gasteiger partial charge in [-0.3, -0.25) is 4.89 Å². The fraction of sp³-hybridized carbons (Fsp3) is 0.429. The van der Waals surface area contributed by atoms with Crippen molar-refractivity contribution in [1.29, 1.82) is 0 Å². The van der Waals surface area contributed by atoms with Gasteiger partial charge < -0.3 is 9.05 Å². The number of rotatable bonds is 2. The Kier molecular flexibility index (Phi) is 7.15. The molecule has 0 spiro atoms. The van der Waals surface area contributed by atoms with Gasteiger partial charge in [-0.2, -0.15) is 0 Å². The second-order valence-corrected chi connectivity index (χ2v) is 22.4. The van der Waals surface area contributed by atoms with Crippen LogP contribution < -0.4 is 9.05 Å². The van der Waals surface area contributed by atoms with Crippen molar-refractivity contribution in [3.05, 3.63) is 117 Å². The molecule has 1 N–H and O–H groups in total. The van der Waals surface area contributed by atoms with Crippen LogP contribution in [0.25, 0.3) is 54.9 Å². The highest BCUT2D eigenvalue weighted by Gasteiger charge is 2.47. The monoisotopic (exact) mass is 820 g/mol. The molecule has 4 fully saturated rings. The maximum Gasteiger partial charge on any atom is 0.584 e. The highest BCUT2D eigenvalue weighted by atomic mass is 31.2. The maximum atomic E-state index is 15.2. The van der Waals surface area contributed by atoms with Crippen LogP contribution in [0.2, 0.25) is 0 Å². The Labute approximate surface area is 358 Å². The van der Waals surface area contributed by atoms with Crippen LogP contribution in [0.4, 0.5) is 0 Å². The van der Waals surface area contributed by atoms with Crippen molar-refractivity contribution in [1.82, 2.24) is 0 Å². The third-order valence-corrected chi connectivity index (χ3v) is 19.3. The van der Waals surface area contributed by atoms with E-state index >= 15 is 4.57 Å². The summed E-state index contributed by atoms with van der Waals surface area (Å²) in [6, 6.07) is 27.5. The molecule has 1 aliphatic heterocycles. The van der Waals surface area contributed by atoms with Crippen molar-refractivity contribution < 1.29 is 18.5 Å². The second kappa shape index (κ2) is 12.4. The first kappa shape index (κ1) is 35.1. The summed E-state index contributed by atoms with van der Waals surface area (Å²) in [4.78, 5) is 12.4. The van der Waals surface area contributed by atoms with Gasteiger partial charge in [0.1, 0.15) is 11.5 Å². The van der Waals surface area contributed by atoms with Crippen molar-refractivity contribution in [3.8, 4) is 44.9 Å². The lowest BCUT2D eigenvalue weighted by Crippen LogP contribution is -2.28. The molecule has 4 nitrogen and oxygen atoms in total. The average molecular weight is 821 g/mol. The van der Waals surface area contributed by atoms with E-state index in [1.165, 1.54) is 136 Å². The Bertz CT molecular complexity index is 2690. The molecule has 0 unspecified atom stereocenters. The van der Waals surface area contributed by atoms with Crippen LogP contribution in [0.5, 0.6) is 11.5 Å². The molecule has 0 saturated heterocycles. The first-order chi connectivity index (χ1) is 30.0. The van der Waals surface area contributed by atoms with E-state index in [4.69, 9.17) is 9.05 Å². The Hall–Kier alpha value is -4.37. The van der Waals surface area contributed by atoms with Gasteiger partial charge in [0.15, 0.2) is 0 Å². The van der Waals surface area contributed by atoms with Gasteiger partial charge in [-0.15, -0.1) is 0 Å². The Morgan fingerprint density at radius 2 is 0.689 bits per heavy atom. The molecule has 0 radical (unpaired) electrons. The summed E-state index contributed by atoms with van der Waals surface area (Å²) in [6.07, 6.45) is 20.0. The fourth-order valence-corrected chi connectivity index (χ4v) is 16.8. The summed E-state index contributed by atoms with van der Waals surface area (Å²) in [5, 5.41) is 4.39. The van der Waals surface area contributed by atoms with Crippen molar-refractivity contribution in [3.63, 3.8) is 0 Å². The Balaban J connectivity index is 1.10. The minimum atomic E-state index is -4.71. The van der Waals surface area contributed by atoms with E-state index in [2.05, 4.69) is 72.8 Å². The molecule has 8 bridgehead atoms. The van der Waals surface area contributed by atoms with E-state index < -0.39 is 7.82 Å². The highest BCUT2D eigenvalue weighted by molar-refractivity contribution is 7.48. The van der Waals surface area contributed by atoms with Gasteiger partial charge in [0, 0.05) is 22.3 Å². The van der Waals surface area contributed by atoms with E-state index in [-0.39, 0.29) is 0 Å². The van der Waals surface area contributed by atoms with Gasteiger partial charge in [0.25, 0.3) is 0 Å². The third kappa shape index (κ3) is 4.75. The number of phosphoric ester groups is 1. The van der Waals surface area contributed by atoms with Crippen molar-refractivity contribution in [2.75, 3.05) is 0 Å². The van der Waals surface area contributed by atoms with Gasteiger partial charge in [-0.05, 0) is 239 Å². The number of fused-ring (bicyclic) bond motifs is 15. The zero-order valence-corrected chi connectivity index (χ0v) is 35.9. The number of phosphoric acid groups is 1. The average Bonchev–Trinajstić information content (AvgIpc) is 3.44. The van der Waals surface area contributed by atoms with E-state index in [0.29, 0.717) is 58.8 Å². The quantitative estimate of drug-likeness (QED) is 0.177. The van der Waals surface area contributed by atoms with Crippen LogP contribution in [-0.4, -0.2) is 4.89 Å². The number of benzene rings is 6. The van der Waals surface area contributed by atoms with E-state index in [9.17, 15) is 4.89 Å². The third-order valence-electron chi connectivity index (χ3n) is 18.4. The van der Waals surface area contributed by atoms with Crippen LogP contribution in [0.15, 0.2) is 72.8 Å². The Morgan fingerprint density at radius 3 is 1.02 bits per heavy atom. The smallest absolute Gasteiger partial charge is 0.394 e. The fourth-order valence-electron chi connectivity index (χ4n) is 15.9. The standard InChI is InChI=1S/C56H53O4P/c57-61(58)59-55-45(51-47-33-17-9-29(10-18-33)41(47)27-42-30-11-19-34(20-12-30)48(42)51)25-37-5-1-3-7-39(37)53(55)54-40-8-4-2-6-38(40)26-46(56(54)60-61)52-49-35-21-13-31(14-22-35)43(49)28-44-32-15-23-36(24-16-32)50(44)52/h1-8,25-36H,9-24H2,(H,57,58). The van der Waals surface area contributed by atoms with Gasteiger partial charge in [-0.25, -0.2) is 4.57 Å². The summed E-state index contributed by atoms with van der Waals surface area (Å²) in [5.74, 6) is 5.49. The predicted molar refractivity (Wildman–Crippen MR) is 245 cm³/mol. The molecule has 19 rings (SSSR count). The van der Waals surface area contributed by atoms with E-state index in [1.807, 2.05) is 0 Å². The van der Waals surface area contributed by atoms with Crippen LogP contribution in [0.3, 0.4) is 0 Å². The largest absolute Gasteiger partial charge is 0.584 e. The molecule has 4 saturated carbocycles. The number of hydrogen-bond acceptors (Lipinski definition) is 3. The normalized spacial score (nSPS) is 31.7. The number of hydrogen-bond donors (Lipinski definition) is 1. The summed E-state index contributed by atoms with van der Waals surface area (Å²) in [7, 11) is -4.71. The molecule has 6 aromatic rings. The van der Waals surface area contributed by atoms with Crippen molar-refractivity contribution >= 4 is 29.4 Å². The van der Waals surface area contributed by atoms with Crippen LogP contribution in [-0.2, 0) is 4.57 Å². The SMILES string of the molecule is O=P1(O)Oc2c(-c3c4c(cc5c3C3CCC5CC3)C3CCC4CC3)cc3ccccc3c2-c2c(c(-c3c4c(cc5c3C3CCC5CC3)C3CCC4CC3)cc3ccccc23)O1. The van der Waals surface area contributed by atoms with E-state index in [1.54, 1.807) is 22.3 Å². The molecular formula is C56H53O4P. The maximum absolute atomic E-state index is 15.2. The minimum absolute atomic E-state index is 0.506. The van der Waals surface area contributed by atoms with Crippen LogP contribution >= 0.6 is 7.82 Å². The first-order valence-electron chi connectivity index (χ1n) is 24.2. The molecule has 0 atom stereocenters. The molecule has 61 heavy (non-hydrogen) atoms. The molecular weight excluding hydrogens is 768 g/mol. The van der Waals surface area contributed by atoms with Gasteiger partial charge in [0.2, 0.25) is 0 Å². The van der Waals surface area contributed by atoms with E-state index in [0.717, 1.165) is 43.8 Å². The van der Waals surface area contributed by atoms with Gasteiger partial charge in [-0.1, -0.05) is 60.7 Å². The molecule has 306 valence electrons. The summed E-state index contributed by atoms with van der Waals surface area (Å²) in [5.41, 5.74) is 18.9. The second-order valence-electron chi connectivity index (χ2n) is 21.1.